The van der Waals surface area contributed by atoms with E-state index < -0.39 is 0 Å². The van der Waals surface area contributed by atoms with E-state index in [-0.39, 0.29) is 6.61 Å². The largest absolute Gasteiger partial charge is 0.390 e. The first-order valence-electron chi connectivity index (χ1n) is 4.96. The van der Waals surface area contributed by atoms with Crippen LogP contribution in [0.15, 0.2) is 12.3 Å². The fraction of sp³-hybridized carbons (Fsp3) is 0.600. The summed E-state index contributed by atoms with van der Waals surface area (Å²) in [5.74, 6) is 2.23. The predicted molar refractivity (Wildman–Crippen MR) is 53.7 cm³/mol. The van der Waals surface area contributed by atoms with Crippen molar-refractivity contribution in [2.75, 3.05) is 11.9 Å². The van der Waals surface area contributed by atoms with E-state index in [1.54, 1.807) is 12.3 Å². The molecule has 76 valence electrons. The predicted octanol–water partition coefficient (Wildman–Crippen LogP) is 1.04. The Balaban J connectivity index is 1.88. The molecular formula is C10H15N3O. The molecule has 2 atom stereocenters. The number of aliphatic hydroxyl groups is 1. The van der Waals surface area contributed by atoms with Gasteiger partial charge in [0.25, 0.3) is 0 Å². The van der Waals surface area contributed by atoms with Gasteiger partial charge in [0, 0.05) is 12.7 Å². The van der Waals surface area contributed by atoms with Crippen LogP contribution in [-0.4, -0.2) is 21.6 Å². The number of aliphatic hydroxyl groups excluding tert-OH is 1. The topological polar surface area (TPSA) is 58.0 Å². The van der Waals surface area contributed by atoms with Crippen LogP contribution in [0.4, 0.5) is 5.95 Å². The van der Waals surface area contributed by atoms with E-state index in [1.165, 1.54) is 6.42 Å². The molecule has 2 N–H and O–H groups in total. The number of aromatic nitrogens is 2. The monoisotopic (exact) mass is 193 g/mol. The van der Waals surface area contributed by atoms with Crippen molar-refractivity contribution in [1.29, 1.82) is 0 Å². The highest BCUT2D eigenvalue weighted by molar-refractivity contribution is 5.25. The fourth-order valence-electron chi connectivity index (χ4n) is 1.48. The van der Waals surface area contributed by atoms with Gasteiger partial charge < -0.3 is 10.4 Å². The SMILES string of the molecule is CC1CC1CNc1nccc(CO)n1. The minimum Gasteiger partial charge on any atom is -0.390 e. The third-order valence-corrected chi connectivity index (χ3v) is 2.67. The average molecular weight is 193 g/mol. The Bertz CT molecular complexity index is 316. The molecule has 0 radical (unpaired) electrons. The van der Waals surface area contributed by atoms with Crippen molar-refractivity contribution >= 4 is 5.95 Å². The van der Waals surface area contributed by atoms with Crippen LogP contribution >= 0.6 is 0 Å². The molecule has 0 amide bonds. The smallest absolute Gasteiger partial charge is 0.222 e. The molecular weight excluding hydrogens is 178 g/mol. The van der Waals surface area contributed by atoms with Crippen molar-refractivity contribution < 1.29 is 5.11 Å². The molecule has 1 aromatic rings. The molecule has 1 aromatic heterocycles. The summed E-state index contributed by atoms with van der Waals surface area (Å²) in [6, 6.07) is 1.71. The van der Waals surface area contributed by atoms with Gasteiger partial charge in [-0.15, -0.1) is 0 Å². The molecule has 0 saturated heterocycles. The summed E-state index contributed by atoms with van der Waals surface area (Å²) in [6.45, 7) is 3.16. The Kier molecular flexibility index (Phi) is 2.63. The zero-order valence-electron chi connectivity index (χ0n) is 8.27. The lowest BCUT2D eigenvalue weighted by Crippen LogP contribution is -2.08. The Hall–Kier alpha value is -1.16. The van der Waals surface area contributed by atoms with Crippen LogP contribution in [0.2, 0.25) is 0 Å². The van der Waals surface area contributed by atoms with Crippen LogP contribution < -0.4 is 5.32 Å². The highest BCUT2D eigenvalue weighted by atomic mass is 16.3. The first-order valence-corrected chi connectivity index (χ1v) is 4.96. The summed E-state index contributed by atoms with van der Waals surface area (Å²) < 4.78 is 0. The van der Waals surface area contributed by atoms with E-state index in [9.17, 15) is 0 Å². The molecule has 1 aliphatic rings. The second-order valence-electron chi connectivity index (χ2n) is 3.88. The van der Waals surface area contributed by atoms with Crippen molar-refractivity contribution in [1.82, 2.24) is 9.97 Å². The van der Waals surface area contributed by atoms with Crippen molar-refractivity contribution in [3.05, 3.63) is 18.0 Å². The van der Waals surface area contributed by atoms with Gasteiger partial charge in [0.05, 0.1) is 12.3 Å². The normalized spacial score (nSPS) is 24.7. The molecule has 2 unspecified atom stereocenters. The van der Waals surface area contributed by atoms with Gasteiger partial charge in [-0.2, -0.15) is 0 Å². The lowest BCUT2D eigenvalue weighted by Gasteiger charge is -2.04. The molecule has 0 bridgehead atoms. The molecule has 1 fully saturated rings. The third kappa shape index (κ3) is 2.20. The Morgan fingerprint density at radius 1 is 1.64 bits per heavy atom. The molecule has 0 aliphatic heterocycles. The first-order chi connectivity index (χ1) is 6.79. The number of anilines is 1. The second kappa shape index (κ2) is 3.92. The van der Waals surface area contributed by atoms with Gasteiger partial charge in [0.1, 0.15) is 0 Å². The average Bonchev–Trinajstić information content (AvgIpc) is 2.92. The maximum atomic E-state index is 8.88. The quantitative estimate of drug-likeness (QED) is 0.750. The summed E-state index contributed by atoms with van der Waals surface area (Å²) in [5, 5.41) is 12.1. The summed E-state index contributed by atoms with van der Waals surface area (Å²) >= 11 is 0. The van der Waals surface area contributed by atoms with E-state index in [0.717, 1.165) is 18.4 Å². The van der Waals surface area contributed by atoms with E-state index in [0.29, 0.717) is 11.6 Å². The fourth-order valence-corrected chi connectivity index (χ4v) is 1.48. The molecule has 1 aliphatic carbocycles. The highest BCUT2D eigenvalue weighted by Crippen LogP contribution is 2.37. The van der Waals surface area contributed by atoms with E-state index in [4.69, 9.17) is 5.11 Å². The van der Waals surface area contributed by atoms with Crippen LogP contribution in [0.5, 0.6) is 0 Å². The van der Waals surface area contributed by atoms with Crippen molar-refractivity contribution in [2.45, 2.75) is 20.0 Å². The molecule has 1 heterocycles. The van der Waals surface area contributed by atoms with Crippen LogP contribution in [0.25, 0.3) is 0 Å². The maximum absolute atomic E-state index is 8.88. The van der Waals surface area contributed by atoms with E-state index in [1.807, 2.05) is 0 Å². The maximum Gasteiger partial charge on any atom is 0.222 e. The zero-order chi connectivity index (χ0) is 9.97. The summed E-state index contributed by atoms with van der Waals surface area (Å²) in [5.41, 5.74) is 0.659. The van der Waals surface area contributed by atoms with Gasteiger partial charge in [-0.3, -0.25) is 0 Å². The highest BCUT2D eigenvalue weighted by Gasteiger charge is 2.31. The molecule has 1 saturated carbocycles. The van der Waals surface area contributed by atoms with Crippen LogP contribution in [0, 0.1) is 11.8 Å². The Labute approximate surface area is 83.4 Å². The van der Waals surface area contributed by atoms with E-state index in [2.05, 4.69) is 22.2 Å². The summed E-state index contributed by atoms with van der Waals surface area (Å²) in [4.78, 5) is 8.22. The second-order valence-corrected chi connectivity index (χ2v) is 3.88. The van der Waals surface area contributed by atoms with E-state index >= 15 is 0 Å². The van der Waals surface area contributed by atoms with Gasteiger partial charge in [0.2, 0.25) is 5.95 Å². The van der Waals surface area contributed by atoms with Crippen LogP contribution in [-0.2, 0) is 6.61 Å². The van der Waals surface area contributed by atoms with Gasteiger partial charge in [-0.1, -0.05) is 6.92 Å². The molecule has 4 heteroatoms. The van der Waals surface area contributed by atoms with Crippen LogP contribution in [0.3, 0.4) is 0 Å². The molecule has 0 aromatic carbocycles. The number of hydrogen-bond acceptors (Lipinski definition) is 4. The molecule has 0 spiro atoms. The van der Waals surface area contributed by atoms with Gasteiger partial charge >= 0.3 is 0 Å². The summed E-state index contributed by atoms with van der Waals surface area (Å²) in [6.07, 6.45) is 2.96. The van der Waals surface area contributed by atoms with Crippen LogP contribution in [0.1, 0.15) is 19.0 Å². The lowest BCUT2D eigenvalue weighted by molar-refractivity contribution is 0.277. The van der Waals surface area contributed by atoms with Crippen molar-refractivity contribution in [3.63, 3.8) is 0 Å². The molecule has 4 nitrogen and oxygen atoms in total. The van der Waals surface area contributed by atoms with Crippen molar-refractivity contribution in [3.8, 4) is 0 Å². The number of rotatable bonds is 4. The van der Waals surface area contributed by atoms with Gasteiger partial charge in [-0.25, -0.2) is 9.97 Å². The van der Waals surface area contributed by atoms with Crippen molar-refractivity contribution in [2.24, 2.45) is 11.8 Å². The molecule has 14 heavy (non-hydrogen) atoms. The minimum absolute atomic E-state index is 0.0307. The first kappa shape index (κ1) is 9.40. The Morgan fingerprint density at radius 3 is 3.07 bits per heavy atom. The number of nitrogens with zero attached hydrogens (tertiary/aromatic N) is 2. The molecule has 2 rings (SSSR count). The zero-order valence-corrected chi connectivity index (χ0v) is 8.27. The van der Waals surface area contributed by atoms with Gasteiger partial charge in [0.15, 0.2) is 0 Å². The number of hydrogen-bond donors (Lipinski definition) is 2. The minimum atomic E-state index is -0.0307. The lowest BCUT2D eigenvalue weighted by atomic mass is 10.3. The third-order valence-electron chi connectivity index (χ3n) is 2.67. The summed E-state index contributed by atoms with van der Waals surface area (Å²) in [7, 11) is 0. The Morgan fingerprint density at radius 2 is 2.43 bits per heavy atom. The standard InChI is InChI=1S/C10H15N3O/c1-7-4-8(7)5-12-10-11-3-2-9(6-14)13-10/h2-3,7-8,14H,4-6H2,1H3,(H,11,12,13). The van der Waals surface area contributed by atoms with Gasteiger partial charge in [-0.05, 0) is 24.3 Å². The number of nitrogens with one attached hydrogen (secondary N) is 1.